The van der Waals surface area contributed by atoms with Gasteiger partial charge in [-0.15, -0.1) is 0 Å². The van der Waals surface area contributed by atoms with E-state index in [1.54, 1.807) is 18.2 Å². The van der Waals surface area contributed by atoms with Gasteiger partial charge in [-0.25, -0.2) is 9.18 Å². The lowest BCUT2D eigenvalue weighted by Crippen LogP contribution is -2.04. The lowest BCUT2D eigenvalue weighted by molar-refractivity contribution is 0.0691. The van der Waals surface area contributed by atoms with Crippen LogP contribution in [0.4, 0.5) is 4.39 Å². The average molecular weight is 281 g/mol. The van der Waals surface area contributed by atoms with Crippen molar-refractivity contribution in [2.75, 3.05) is 0 Å². The molecule has 0 bridgehead atoms. The summed E-state index contributed by atoms with van der Waals surface area (Å²) in [5.41, 5.74) is 0.303. The number of benzene rings is 2. The van der Waals surface area contributed by atoms with E-state index in [9.17, 15) is 9.18 Å². The van der Waals surface area contributed by atoms with Crippen LogP contribution in [0.2, 0.25) is 5.02 Å². The molecule has 5 heteroatoms. The molecular weight excluding hydrogens is 271 g/mol. The molecule has 0 amide bonds. The zero-order valence-corrected chi connectivity index (χ0v) is 10.5. The lowest BCUT2D eigenvalue weighted by atomic mass is 10.2. The third kappa shape index (κ3) is 3.23. The van der Waals surface area contributed by atoms with Crippen molar-refractivity contribution in [3.8, 4) is 5.75 Å². The van der Waals surface area contributed by atoms with Crippen molar-refractivity contribution in [1.29, 1.82) is 0 Å². The minimum absolute atomic E-state index is 0.0470. The van der Waals surface area contributed by atoms with Gasteiger partial charge in [0.15, 0.2) is 0 Å². The van der Waals surface area contributed by atoms with Crippen LogP contribution < -0.4 is 4.74 Å². The van der Waals surface area contributed by atoms with E-state index in [4.69, 9.17) is 21.4 Å². The van der Waals surface area contributed by atoms with Gasteiger partial charge < -0.3 is 9.84 Å². The van der Waals surface area contributed by atoms with Gasteiger partial charge in [-0.3, -0.25) is 0 Å². The van der Waals surface area contributed by atoms with Gasteiger partial charge in [-0.2, -0.15) is 0 Å². The van der Waals surface area contributed by atoms with E-state index >= 15 is 0 Å². The highest BCUT2D eigenvalue weighted by Crippen LogP contribution is 2.24. The van der Waals surface area contributed by atoms with E-state index < -0.39 is 11.8 Å². The molecule has 2 rings (SSSR count). The number of hydrogen-bond donors (Lipinski definition) is 1. The molecule has 0 saturated heterocycles. The Hall–Kier alpha value is -2.07. The summed E-state index contributed by atoms with van der Waals surface area (Å²) in [4.78, 5) is 11.0. The van der Waals surface area contributed by atoms with E-state index in [0.29, 0.717) is 10.6 Å². The SMILES string of the molecule is O=C(O)c1cc(Cl)ccc1OCc1ccccc1F. The molecule has 98 valence electrons. The first-order valence-corrected chi connectivity index (χ1v) is 5.85. The molecule has 0 aliphatic carbocycles. The van der Waals surface area contributed by atoms with Crippen molar-refractivity contribution < 1.29 is 19.0 Å². The van der Waals surface area contributed by atoms with Crippen LogP contribution in [-0.4, -0.2) is 11.1 Å². The van der Waals surface area contributed by atoms with Gasteiger partial charge >= 0.3 is 5.97 Å². The number of rotatable bonds is 4. The normalized spacial score (nSPS) is 10.2. The maximum Gasteiger partial charge on any atom is 0.339 e. The summed E-state index contributed by atoms with van der Waals surface area (Å²) >= 11 is 5.72. The summed E-state index contributed by atoms with van der Waals surface area (Å²) in [6.07, 6.45) is 0. The van der Waals surface area contributed by atoms with Crippen molar-refractivity contribution in [1.82, 2.24) is 0 Å². The number of hydrogen-bond acceptors (Lipinski definition) is 2. The number of ether oxygens (including phenoxy) is 1. The highest BCUT2D eigenvalue weighted by atomic mass is 35.5. The second-order valence-corrected chi connectivity index (χ2v) is 4.26. The van der Waals surface area contributed by atoms with Crippen LogP contribution in [-0.2, 0) is 6.61 Å². The summed E-state index contributed by atoms with van der Waals surface area (Å²) in [5, 5.41) is 9.33. The van der Waals surface area contributed by atoms with Crippen LogP contribution in [0.1, 0.15) is 15.9 Å². The predicted molar refractivity (Wildman–Crippen MR) is 69.1 cm³/mol. The fraction of sp³-hybridized carbons (Fsp3) is 0.0714. The molecule has 0 aliphatic heterocycles. The first-order chi connectivity index (χ1) is 9.08. The van der Waals surface area contributed by atoms with E-state index in [-0.39, 0.29) is 17.9 Å². The Morgan fingerprint density at radius 1 is 1.26 bits per heavy atom. The summed E-state index contributed by atoms with van der Waals surface area (Å²) < 4.78 is 18.7. The van der Waals surface area contributed by atoms with Crippen molar-refractivity contribution >= 4 is 17.6 Å². The van der Waals surface area contributed by atoms with Gasteiger partial charge in [0.25, 0.3) is 0 Å². The Morgan fingerprint density at radius 2 is 2.00 bits per heavy atom. The molecule has 0 aromatic heterocycles. The predicted octanol–water partition coefficient (Wildman–Crippen LogP) is 3.76. The van der Waals surface area contributed by atoms with Gasteiger partial charge in [0, 0.05) is 10.6 Å². The molecule has 0 fully saturated rings. The molecule has 1 N–H and O–H groups in total. The quantitative estimate of drug-likeness (QED) is 0.927. The van der Waals surface area contributed by atoms with E-state index in [0.717, 1.165) is 0 Å². The van der Waals surface area contributed by atoms with E-state index in [1.165, 1.54) is 24.3 Å². The smallest absolute Gasteiger partial charge is 0.339 e. The highest BCUT2D eigenvalue weighted by Gasteiger charge is 2.12. The molecule has 2 aromatic rings. The van der Waals surface area contributed by atoms with Crippen LogP contribution in [0.25, 0.3) is 0 Å². The highest BCUT2D eigenvalue weighted by molar-refractivity contribution is 6.31. The molecule has 3 nitrogen and oxygen atoms in total. The first kappa shape index (κ1) is 13.4. The fourth-order valence-electron chi connectivity index (χ4n) is 1.57. The van der Waals surface area contributed by atoms with Crippen molar-refractivity contribution in [3.05, 3.63) is 64.4 Å². The minimum atomic E-state index is -1.15. The zero-order chi connectivity index (χ0) is 13.8. The molecule has 0 heterocycles. The topological polar surface area (TPSA) is 46.5 Å². The van der Waals surface area contributed by atoms with Crippen LogP contribution in [0.3, 0.4) is 0 Å². The van der Waals surface area contributed by atoms with Gasteiger partial charge in [0.2, 0.25) is 0 Å². The second-order valence-electron chi connectivity index (χ2n) is 3.83. The molecule has 0 unspecified atom stereocenters. The van der Waals surface area contributed by atoms with Crippen molar-refractivity contribution in [2.45, 2.75) is 6.61 Å². The van der Waals surface area contributed by atoms with Crippen LogP contribution in [0, 0.1) is 5.82 Å². The molecule has 2 aromatic carbocycles. The Kier molecular flexibility index (Phi) is 4.02. The lowest BCUT2D eigenvalue weighted by Gasteiger charge is -2.10. The number of aromatic carboxylic acids is 1. The maximum atomic E-state index is 13.4. The largest absolute Gasteiger partial charge is 0.488 e. The summed E-state index contributed by atoms with van der Waals surface area (Å²) in [6, 6.07) is 10.4. The van der Waals surface area contributed by atoms with Crippen LogP contribution in [0.15, 0.2) is 42.5 Å². The van der Waals surface area contributed by atoms with Gasteiger partial charge in [0.05, 0.1) is 0 Å². The number of halogens is 2. The number of carboxylic acids is 1. The van der Waals surface area contributed by atoms with Gasteiger partial charge in [-0.1, -0.05) is 29.8 Å². The maximum absolute atomic E-state index is 13.4. The first-order valence-electron chi connectivity index (χ1n) is 5.47. The molecule has 0 aliphatic rings. The van der Waals surface area contributed by atoms with Gasteiger partial charge in [0.1, 0.15) is 23.7 Å². The summed E-state index contributed by atoms with van der Waals surface area (Å²) in [7, 11) is 0. The molecule has 0 spiro atoms. The van der Waals surface area contributed by atoms with E-state index in [1.807, 2.05) is 0 Å². The molecule has 0 saturated carbocycles. The number of carboxylic acid groups (broad SMARTS) is 1. The minimum Gasteiger partial charge on any atom is -0.488 e. The monoisotopic (exact) mass is 280 g/mol. The standard InChI is InChI=1S/C14H10ClFO3/c15-10-5-6-13(11(7-10)14(17)18)19-8-9-3-1-2-4-12(9)16/h1-7H,8H2,(H,17,18). The van der Waals surface area contributed by atoms with Gasteiger partial charge in [-0.05, 0) is 24.3 Å². The van der Waals surface area contributed by atoms with Crippen molar-refractivity contribution in [2.24, 2.45) is 0 Å². The zero-order valence-electron chi connectivity index (χ0n) is 9.77. The molecule has 0 radical (unpaired) electrons. The Labute approximate surface area is 114 Å². The Bertz CT molecular complexity index is 613. The summed E-state index contributed by atoms with van der Waals surface area (Å²) in [5.74, 6) is -1.39. The third-order valence-corrected chi connectivity index (χ3v) is 2.75. The third-order valence-electron chi connectivity index (χ3n) is 2.51. The van der Waals surface area contributed by atoms with Crippen molar-refractivity contribution in [3.63, 3.8) is 0 Å². The van der Waals surface area contributed by atoms with E-state index in [2.05, 4.69) is 0 Å². The fourth-order valence-corrected chi connectivity index (χ4v) is 1.74. The van der Waals surface area contributed by atoms with Crippen LogP contribution in [0.5, 0.6) is 5.75 Å². The molecule has 0 atom stereocenters. The number of carbonyl (C=O) groups is 1. The Balaban J connectivity index is 2.20. The van der Waals surface area contributed by atoms with Crippen LogP contribution >= 0.6 is 11.6 Å². The Morgan fingerprint density at radius 3 is 2.68 bits per heavy atom. The second kappa shape index (κ2) is 5.71. The molecular formula is C14H10ClFO3. The molecule has 19 heavy (non-hydrogen) atoms. The average Bonchev–Trinajstić information content (AvgIpc) is 2.38. The summed E-state index contributed by atoms with van der Waals surface area (Å²) in [6.45, 7) is -0.0470.